The van der Waals surface area contributed by atoms with Crippen molar-refractivity contribution in [2.75, 3.05) is 6.54 Å². The molecule has 0 spiro atoms. The van der Waals surface area contributed by atoms with Crippen molar-refractivity contribution in [2.45, 2.75) is 40.3 Å². The van der Waals surface area contributed by atoms with Crippen LogP contribution in [0.15, 0.2) is 42.5 Å². The molecule has 2 rings (SSSR count). The molecule has 2 heteroatoms. The number of hydrogen-bond donors (Lipinski definition) is 1. The summed E-state index contributed by atoms with van der Waals surface area (Å²) in [5.41, 5.74) is 4.98. The van der Waals surface area contributed by atoms with Crippen molar-refractivity contribution >= 4 is 0 Å². The molecule has 21 heavy (non-hydrogen) atoms. The number of rotatable bonds is 7. The summed E-state index contributed by atoms with van der Waals surface area (Å²) in [6.07, 6.45) is 1.14. The van der Waals surface area contributed by atoms with Crippen LogP contribution in [0.3, 0.4) is 0 Å². The lowest BCUT2D eigenvalue weighted by molar-refractivity contribution is 0.302. The first-order valence-corrected chi connectivity index (χ1v) is 7.67. The van der Waals surface area contributed by atoms with Crippen LogP contribution in [0.25, 0.3) is 0 Å². The molecular formula is C19H25NO. The minimum absolute atomic E-state index is 0.615. The molecule has 0 fully saturated rings. The smallest absolute Gasteiger partial charge is 0.124 e. The van der Waals surface area contributed by atoms with E-state index in [1.165, 1.54) is 22.3 Å². The molecule has 0 aromatic heterocycles. The van der Waals surface area contributed by atoms with Crippen molar-refractivity contribution < 1.29 is 4.74 Å². The average Bonchev–Trinajstić information content (AvgIpc) is 2.48. The Balaban J connectivity index is 2.02. The van der Waals surface area contributed by atoms with Gasteiger partial charge in [-0.15, -0.1) is 0 Å². The number of benzene rings is 2. The van der Waals surface area contributed by atoms with E-state index in [4.69, 9.17) is 4.74 Å². The van der Waals surface area contributed by atoms with Gasteiger partial charge in [0.2, 0.25) is 0 Å². The molecule has 0 saturated carbocycles. The number of nitrogens with one attached hydrogen (secondary N) is 1. The van der Waals surface area contributed by atoms with E-state index >= 15 is 0 Å². The molecule has 2 aromatic carbocycles. The van der Waals surface area contributed by atoms with Gasteiger partial charge in [0, 0.05) is 12.1 Å². The normalized spacial score (nSPS) is 10.6. The lowest BCUT2D eigenvalue weighted by atomic mass is 10.1. The summed E-state index contributed by atoms with van der Waals surface area (Å²) in [4.78, 5) is 0. The summed E-state index contributed by atoms with van der Waals surface area (Å²) in [6.45, 7) is 8.90. The Hall–Kier alpha value is -1.80. The maximum atomic E-state index is 6.01. The second kappa shape index (κ2) is 7.84. The van der Waals surface area contributed by atoms with E-state index in [2.05, 4.69) is 68.6 Å². The number of aryl methyl sites for hydroxylation is 2. The second-order valence-corrected chi connectivity index (χ2v) is 5.56. The van der Waals surface area contributed by atoms with Crippen LogP contribution in [0.4, 0.5) is 0 Å². The van der Waals surface area contributed by atoms with Crippen molar-refractivity contribution in [3.05, 3.63) is 64.7 Å². The Morgan fingerprint density at radius 1 is 0.952 bits per heavy atom. The highest BCUT2D eigenvalue weighted by Gasteiger charge is 2.04. The summed E-state index contributed by atoms with van der Waals surface area (Å²) >= 11 is 0. The lowest BCUT2D eigenvalue weighted by Gasteiger charge is -2.13. The topological polar surface area (TPSA) is 21.3 Å². The van der Waals surface area contributed by atoms with E-state index in [9.17, 15) is 0 Å². The molecule has 0 bridgehead atoms. The standard InChI is InChI=1S/C19H25NO/c1-4-11-20-13-18-12-16(3)7-10-19(18)21-14-17-8-5-15(2)6-9-17/h5-10,12,20H,4,11,13-14H2,1-3H3. The van der Waals surface area contributed by atoms with Crippen molar-refractivity contribution in [1.82, 2.24) is 5.32 Å². The maximum Gasteiger partial charge on any atom is 0.124 e. The summed E-state index contributed by atoms with van der Waals surface area (Å²) < 4.78 is 6.01. The SMILES string of the molecule is CCCNCc1cc(C)ccc1OCc1ccc(C)cc1. The third-order valence-electron chi connectivity index (χ3n) is 3.47. The monoisotopic (exact) mass is 283 g/mol. The zero-order chi connectivity index (χ0) is 15.1. The summed E-state index contributed by atoms with van der Waals surface area (Å²) in [5.74, 6) is 0.977. The van der Waals surface area contributed by atoms with Crippen molar-refractivity contribution in [2.24, 2.45) is 0 Å². The van der Waals surface area contributed by atoms with Gasteiger partial charge in [-0.05, 0) is 38.4 Å². The van der Waals surface area contributed by atoms with Crippen LogP contribution >= 0.6 is 0 Å². The van der Waals surface area contributed by atoms with Crippen LogP contribution in [0.5, 0.6) is 5.75 Å². The first-order valence-electron chi connectivity index (χ1n) is 7.67. The van der Waals surface area contributed by atoms with Crippen molar-refractivity contribution in [1.29, 1.82) is 0 Å². The van der Waals surface area contributed by atoms with Crippen LogP contribution in [-0.4, -0.2) is 6.54 Å². The van der Waals surface area contributed by atoms with Crippen LogP contribution in [-0.2, 0) is 13.2 Å². The second-order valence-electron chi connectivity index (χ2n) is 5.56. The third-order valence-corrected chi connectivity index (χ3v) is 3.47. The van der Waals surface area contributed by atoms with Gasteiger partial charge in [0.15, 0.2) is 0 Å². The molecule has 2 nitrogen and oxygen atoms in total. The summed E-state index contributed by atoms with van der Waals surface area (Å²) in [5, 5.41) is 3.44. The largest absolute Gasteiger partial charge is 0.489 e. The molecule has 0 radical (unpaired) electrons. The van der Waals surface area contributed by atoms with Gasteiger partial charge in [-0.25, -0.2) is 0 Å². The molecule has 0 heterocycles. The fourth-order valence-electron chi connectivity index (χ4n) is 2.23. The highest BCUT2D eigenvalue weighted by atomic mass is 16.5. The molecule has 0 aliphatic rings. The highest BCUT2D eigenvalue weighted by Crippen LogP contribution is 2.21. The Kier molecular flexibility index (Phi) is 5.82. The summed E-state index contributed by atoms with van der Waals surface area (Å²) in [6, 6.07) is 14.9. The van der Waals surface area contributed by atoms with Crippen LogP contribution in [0.1, 0.15) is 35.6 Å². The molecule has 1 N–H and O–H groups in total. The van der Waals surface area contributed by atoms with E-state index in [0.717, 1.165) is 25.3 Å². The molecule has 0 saturated heterocycles. The van der Waals surface area contributed by atoms with E-state index < -0.39 is 0 Å². The van der Waals surface area contributed by atoms with Crippen LogP contribution in [0, 0.1) is 13.8 Å². The minimum atomic E-state index is 0.615. The molecular weight excluding hydrogens is 258 g/mol. The van der Waals surface area contributed by atoms with Crippen LogP contribution in [0.2, 0.25) is 0 Å². The van der Waals surface area contributed by atoms with Gasteiger partial charge >= 0.3 is 0 Å². The quantitative estimate of drug-likeness (QED) is 0.761. The number of ether oxygens (including phenoxy) is 1. The fraction of sp³-hybridized carbons (Fsp3) is 0.368. The van der Waals surface area contributed by atoms with Gasteiger partial charge in [-0.2, -0.15) is 0 Å². The Labute approximate surface area is 128 Å². The van der Waals surface area contributed by atoms with Gasteiger partial charge in [-0.3, -0.25) is 0 Å². The molecule has 0 atom stereocenters. The molecule has 0 unspecified atom stereocenters. The lowest BCUT2D eigenvalue weighted by Crippen LogP contribution is -2.14. The van der Waals surface area contributed by atoms with Gasteiger partial charge in [0.25, 0.3) is 0 Å². The van der Waals surface area contributed by atoms with E-state index in [1.54, 1.807) is 0 Å². The fourth-order valence-corrected chi connectivity index (χ4v) is 2.23. The van der Waals surface area contributed by atoms with E-state index in [-0.39, 0.29) is 0 Å². The molecule has 0 aliphatic heterocycles. The Morgan fingerprint density at radius 3 is 2.38 bits per heavy atom. The Morgan fingerprint density at radius 2 is 1.67 bits per heavy atom. The van der Waals surface area contributed by atoms with Gasteiger partial charge in [-0.1, -0.05) is 54.4 Å². The van der Waals surface area contributed by atoms with Crippen molar-refractivity contribution in [3.63, 3.8) is 0 Å². The highest BCUT2D eigenvalue weighted by molar-refractivity contribution is 5.37. The third kappa shape index (κ3) is 4.91. The summed E-state index contributed by atoms with van der Waals surface area (Å²) in [7, 11) is 0. The van der Waals surface area contributed by atoms with Crippen LogP contribution < -0.4 is 10.1 Å². The Bertz CT molecular complexity index is 560. The van der Waals surface area contributed by atoms with E-state index in [1.807, 2.05) is 0 Å². The maximum absolute atomic E-state index is 6.01. The zero-order valence-electron chi connectivity index (χ0n) is 13.3. The molecule has 0 aliphatic carbocycles. The average molecular weight is 283 g/mol. The zero-order valence-corrected chi connectivity index (χ0v) is 13.3. The van der Waals surface area contributed by atoms with Gasteiger partial charge < -0.3 is 10.1 Å². The molecule has 0 amide bonds. The molecule has 112 valence electrons. The minimum Gasteiger partial charge on any atom is -0.489 e. The van der Waals surface area contributed by atoms with Gasteiger partial charge in [0.1, 0.15) is 12.4 Å². The first-order chi connectivity index (χ1) is 10.2. The van der Waals surface area contributed by atoms with E-state index in [0.29, 0.717) is 6.61 Å². The predicted octanol–water partition coefficient (Wildman–Crippen LogP) is 4.38. The molecule has 2 aromatic rings. The predicted molar refractivity (Wildman–Crippen MR) is 88.7 cm³/mol. The number of hydrogen-bond acceptors (Lipinski definition) is 2. The van der Waals surface area contributed by atoms with Gasteiger partial charge in [0.05, 0.1) is 0 Å². The van der Waals surface area contributed by atoms with Crippen molar-refractivity contribution in [3.8, 4) is 5.75 Å². The first kappa shape index (κ1) is 15.6.